The number of hydrogen-bond acceptors (Lipinski definition) is 3. The highest BCUT2D eigenvalue weighted by Crippen LogP contribution is 2.36. The van der Waals surface area contributed by atoms with Crippen LogP contribution in [0.1, 0.15) is 52.4 Å². The Morgan fingerprint density at radius 3 is 2.52 bits per heavy atom. The Hall–Kier alpha value is -3.67. The molecular weight excluding hydrogens is 388 g/mol. The molecule has 0 radical (unpaired) electrons. The number of Topliss-reactive ketones (excluding diaryl/α,β-unsaturated/α-hetero) is 1. The number of para-hydroxylation sites is 2. The van der Waals surface area contributed by atoms with Crippen molar-refractivity contribution < 1.29 is 9.59 Å². The van der Waals surface area contributed by atoms with Gasteiger partial charge in [0.05, 0.1) is 11.0 Å². The first kappa shape index (κ1) is 19.3. The summed E-state index contributed by atoms with van der Waals surface area (Å²) in [6.45, 7) is 5.99. The summed E-state index contributed by atoms with van der Waals surface area (Å²) in [7, 11) is 0. The summed E-state index contributed by atoms with van der Waals surface area (Å²) in [5.41, 5.74) is 6.16. The fraction of sp³-hybridized carbons (Fsp3) is 0.240. The van der Waals surface area contributed by atoms with Gasteiger partial charge in [-0.05, 0) is 60.7 Å². The number of rotatable bonds is 3. The van der Waals surface area contributed by atoms with E-state index >= 15 is 0 Å². The van der Waals surface area contributed by atoms with Crippen LogP contribution in [0.25, 0.3) is 22.4 Å². The number of benzene rings is 2. The first-order chi connectivity index (χ1) is 14.8. The third-order valence-corrected chi connectivity index (χ3v) is 5.93. The van der Waals surface area contributed by atoms with Crippen LogP contribution < -0.4 is 5.32 Å². The van der Waals surface area contributed by atoms with Crippen LogP contribution in [-0.4, -0.2) is 26.6 Å². The molecule has 1 amide bonds. The molecule has 0 unspecified atom stereocenters. The number of fused-ring (bicyclic) bond motifs is 2. The second-order valence-electron chi connectivity index (χ2n) is 9.05. The topological polar surface area (TPSA) is 90.6 Å². The molecule has 0 fully saturated rings. The number of nitrogens with zero attached hydrogens (tertiary/aromatic N) is 1. The van der Waals surface area contributed by atoms with E-state index in [4.69, 9.17) is 0 Å². The van der Waals surface area contributed by atoms with Gasteiger partial charge in [-0.25, -0.2) is 4.98 Å². The molecule has 156 valence electrons. The first-order valence-corrected chi connectivity index (χ1v) is 10.4. The first-order valence-electron chi connectivity index (χ1n) is 10.4. The van der Waals surface area contributed by atoms with Crippen molar-refractivity contribution in [2.24, 2.45) is 5.41 Å². The number of hydrogen-bond donors (Lipinski definition) is 3. The summed E-state index contributed by atoms with van der Waals surface area (Å²) in [5, 5.41) is 2.94. The number of imidazole rings is 1. The van der Waals surface area contributed by atoms with Crippen molar-refractivity contribution >= 4 is 28.4 Å². The van der Waals surface area contributed by atoms with Crippen LogP contribution in [0, 0.1) is 12.3 Å². The summed E-state index contributed by atoms with van der Waals surface area (Å²) in [5.74, 6) is 0.649. The number of aromatic nitrogens is 3. The van der Waals surface area contributed by atoms with Gasteiger partial charge in [-0.1, -0.05) is 26.0 Å². The van der Waals surface area contributed by atoms with E-state index in [0.29, 0.717) is 23.4 Å². The molecule has 0 saturated heterocycles. The van der Waals surface area contributed by atoms with Crippen molar-refractivity contribution in [2.45, 2.75) is 33.6 Å². The van der Waals surface area contributed by atoms with E-state index in [0.717, 1.165) is 40.1 Å². The van der Waals surface area contributed by atoms with Crippen LogP contribution in [0.3, 0.4) is 0 Å². The molecule has 6 heteroatoms. The van der Waals surface area contributed by atoms with Crippen molar-refractivity contribution in [3.05, 3.63) is 71.0 Å². The lowest BCUT2D eigenvalue weighted by atomic mass is 9.75. The maximum atomic E-state index is 12.9. The molecule has 31 heavy (non-hydrogen) atoms. The van der Waals surface area contributed by atoms with Gasteiger partial charge in [0.2, 0.25) is 0 Å². The molecular formula is C25H24N4O2. The lowest BCUT2D eigenvalue weighted by molar-refractivity contribution is 0.0910. The molecule has 1 aliphatic carbocycles. The Balaban J connectivity index is 1.37. The van der Waals surface area contributed by atoms with Gasteiger partial charge in [-0.2, -0.15) is 0 Å². The van der Waals surface area contributed by atoms with Crippen LogP contribution in [-0.2, 0) is 6.42 Å². The van der Waals surface area contributed by atoms with E-state index in [1.165, 1.54) is 0 Å². The summed E-state index contributed by atoms with van der Waals surface area (Å²) >= 11 is 0. The maximum absolute atomic E-state index is 12.9. The van der Waals surface area contributed by atoms with Crippen molar-refractivity contribution in [3.63, 3.8) is 0 Å². The van der Waals surface area contributed by atoms with E-state index in [9.17, 15) is 9.59 Å². The van der Waals surface area contributed by atoms with Crippen LogP contribution in [0.2, 0.25) is 0 Å². The number of carbonyl (C=O) groups is 2. The molecule has 0 atom stereocenters. The Morgan fingerprint density at radius 1 is 1.03 bits per heavy atom. The summed E-state index contributed by atoms with van der Waals surface area (Å²) in [6.07, 6.45) is 1.26. The van der Waals surface area contributed by atoms with Crippen LogP contribution in [0.15, 0.2) is 48.5 Å². The summed E-state index contributed by atoms with van der Waals surface area (Å²) in [4.78, 5) is 36.6. The molecule has 0 saturated carbocycles. The Morgan fingerprint density at radius 2 is 1.77 bits per heavy atom. The molecule has 0 spiro atoms. The zero-order valence-electron chi connectivity index (χ0n) is 17.8. The average Bonchev–Trinajstić information content (AvgIpc) is 3.29. The molecule has 2 heterocycles. The van der Waals surface area contributed by atoms with Crippen LogP contribution in [0.5, 0.6) is 0 Å². The predicted octanol–water partition coefficient (Wildman–Crippen LogP) is 5.27. The number of ketones is 1. The zero-order valence-corrected chi connectivity index (χ0v) is 17.8. The monoisotopic (exact) mass is 412 g/mol. The third kappa shape index (κ3) is 3.44. The number of H-pyrrole nitrogens is 2. The van der Waals surface area contributed by atoms with Crippen molar-refractivity contribution in [1.82, 2.24) is 15.0 Å². The summed E-state index contributed by atoms with van der Waals surface area (Å²) < 4.78 is 0. The predicted molar refractivity (Wildman–Crippen MR) is 121 cm³/mol. The van der Waals surface area contributed by atoms with Crippen LogP contribution >= 0.6 is 0 Å². The average molecular weight is 412 g/mol. The molecule has 3 N–H and O–H groups in total. The van der Waals surface area contributed by atoms with E-state index in [1.807, 2.05) is 55.5 Å². The third-order valence-electron chi connectivity index (χ3n) is 5.93. The minimum atomic E-state index is -0.242. The molecule has 0 bridgehead atoms. The highest BCUT2D eigenvalue weighted by atomic mass is 16.2. The Bertz CT molecular complexity index is 1290. The number of anilines is 1. The van der Waals surface area contributed by atoms with E-state index < -0.39 is 0 Å². The molecule has 0 aliphatic heterocycles. The smallest absolute Gasteiger partial charge is 0.272 e. The van der Waals surface area contributed by atoms with Crippen molar-refractivity contribution in [2.75, 3.05) is 5.32 Å². The maximum Gasteiger partial charge on any atom is 0.272 e. The van der Waals surface area contributed by atoms with Gasteiger partial charge in [0.25, 0.3) is 5.91 Å². The molecule has 5 rings (SSSR count). The molecule has 6 nitrogen and oxygen atoms in total. The van der Waals surface area contributed by atoms with E-state index in [1.54, 1.807) is 0 Å². The lowest BCUT2D eigenvalue weighted by Gasteiger charge is -2.28. The summed E-state index contributed by atoms with van der Waals surface area (Å²) in [6, 6.07) is 15.4. The second-order valence-corrected chi connectivity index (χ2v) is 9.05. The Kier molecular flexibility index (Phi) is 4.32. The number of amides is 1. The number of nitrogens with one attached hydrogen (secondary N) is 3. The van der Waals surface area contributed by atoms with Gasteiger partial charge in [0, 0.05) is 28.9 Å². The quantitative estimate of drug-likeness (QED) is 0.428. The molecule has 1 aliphatic rings. The number of carbonyl (C=O) groups excluding carboxylic acids is 2. The van der Waals surface area contributed by atoms with E-state index in [2.05, 4.69) is 34.1 Å². The van der Waals surface area contributed by atoms with Gasteiger partial charge in [-0.15, -0.1) is 0 Å². The number of aromatic amines is 2. The molecule has 2 aromatic heterocycles. The van der Waals surface area contributed by atoms with Gasteiger partial charge >= 0.3 is 0 Å². The fourth-order valence-corrected chi connectivity index (χ4v) is 4.45. The van der Waals surface area contributed by atoms with Gasteiger partial charge in [0.15, 0.2) is 5.78 Å². The Labute approximate surface area is 180 Å². The highest BCUT2D eigenvalue weighted by Gasteiger charge is 2.35. The second kappa shape index (κ2) is 6.94. The minimum Gasteiger partial charge on any atom is -0.354 e. The van der Waals surface area contributed by atoms with Crippen LogP contribution in [0.4, 0.5) is 5.69 Å². The normalized spacial score (nSPS) is 15.1. The minimum absolute atomic E-state index is 0.0956. The lowest BCUT2D eigenvalue weighted by Crippen LogP contribution is -2.26. The largest absolute Gasteiger partial charge is 0.354 e. The van der Waals surface area contributed by atoms with Gasteiger partial charge in [0.1, 0.15) is 11.5 Å². The molecule has 4 aromatic rings. The van der Waals surface area contributed by atoms with Gasteiger partial charge < -0.3 is 15.3 Å². The van der Waals surface area contributed by atoms with E-state index in [-0.39, 0.29) is 17.1 Å². The standard InChI is InChI=1S/C25H24N4O2/c1-14-21-19(12-25(2,3)13-20(21)30)27-22(14)24(31)26-16-10-8-15(9-11-16)23-28-17-6-4-5-7-18(17)29-23/h4-11,27H,12-13H2,1-3H3,(H,26,31)(H,28,29). The van der Waals surface area contributed by atoms with Crippen molar-refractivity contribution in [1.29, 1.82) is 0 Å². The highest BCUT2D eigenvalue weighted by molar-refractivity contribution is 6.08. The van der Waals surface area contributed by atoms with Gasteiger partial charge in [-0.3, -0.25) is 9.59 Å². The fourth-order valence-electron chi connectivity index (χ4n) is 4.45. The zero-order chi connectivity index (χ0) is 21.8. The van der Waals surface area contributed by atoms with Crippen molar-refractivity contribution in [3.8, 4) is 11.4 Å². The SMILES string of the molecule is Cc1c(C(=O)Nc2ccc(-c3nc4ccccc4[nH]3)cc2)[nH]c2c1C(=O)CC(C)(C)C2. The molecule has 2 aromatic carbocycles.